The van der Waals surface area contributed by atoms with E-state index in [1.54, 1.807) is 14.2 Å². The molecule has 0 N–H and O–H groups in total. The largest absolute Gasteiger partial charge is 0.497 e. The highest BCUT2D eigenvalue weighted by atomic mass is 16.6. The summed E-state index contributed by atoms with van der Waals surface area (Å²) in [5.74, 6) is -2.16. The Balaban J connectivity index is 1.88. The third kappa shape index (κ3) is 5.33. The number of methoxy groups -OCH3 is 6. The minimum atomic E-state index is -1.68. The summed E-state index contributed by atoms with van der Waals surface area (Å²) >= 11 is 0. The first-order valence-corrected chi connectivity index (χ1v) is 19.4. The number of benzene rings is 2. The van der Waals surface area contributed by atoms with E-state index in [-0.39, 0.29) is 42.4 Å². The Labute approximate surface area is 331 Å². The standard InChI is InChI=1S/C46H58O10/c1-40(2,3)23-30-21-22-42(36(47)53-9,37(48)54-10)26-35-44-27-43(38(49)55-11,39(50)56-12)25-33(44)34(24-41(4,5)6)46(44,29-15-19-32(52-8)20-16-29)45(30,35)28-13-17-31(51-7)18-14-28/h13-20,23-24,33,35H,21-22,25-27H2,1-12H3/b30-23+,34-24?. The van der Waals surface area contributed by atoms with Gasteiger partial charge in [0.25, 0.3) is 0 Å². The molecule has 56 heavy (non-hydrogen) atoms. The van der Waals surface area contributed by atoms with E-state index in [0.29, 0.717) is 17.9 Å². The first-order chi connectivity index (χ1) is 26.3. The van der Waals surface area contributed by atoms with Crippen LogP contribution in [0.3, 0.4) is 0 Å². The van der Waals surface area contributed by atoms with Crippen molar-refractivity contribution in [3.8, 4) is 11.5 Å². The maximum absolute atomic E-state index is 14.3. The van der Waals surface area contributed by atoms with Crippen molar-refractivity contribution in [3.63, 3.8) is 0 Å². The molecule has 4 aliphatic rings. The van der Waals surface area contributed by atoms with Gasteiger partial charge < -0.3 is 28.4 Å². The van der Waals surface area contributed by atoms with Crippen molar-refractivity contribution in [2.24, 2.45) is 38.9 Å². The number of esters is 4. The molecule has 0 bridgehead atoms. The second-order valence-electron chi connectivity index (χ2n) is 18.4. The van der Waals surface area contributed by atoms with Crippen molar-refractivity contribution in [1.29, 1.82) is 0 Å². The van der Waals surface area contributed by atoms with Crippen LogP contribution in [-0.4, -0.2) is 66.5 Å². The second-order valence-corrected chi connectivity index (χ2v) is 18.4. The fourth-order valence-corrected chi connectivity index (χ4v) is 12.0. The van der Waals surface area contributed by atoms with Crippen LogP contribution in [0.15, 0.2) is 71.8 Å². The van der Waals surface area contributed by atoms with Gasteiger partial charge in [0.2, 0.25) is 0 Å². The summed E-state index contributed by atoms with van der Waals surface area (Å²) in [5, 5.41) is 0. The van der Waals surface area contributed by atoms with Crippen LogP contribution in [0.4, 0.5) is 0 Å². The lowest BCUT2D eigenvalue weighted by Gasteiger charge is -2.86. The van der Waals surface area contributed by atoms with Crippen molar-refractivity contribution in [2.45, 2.75) is 84.5 Å². The summed E-state index contributed by atoms with van der Waals surface area (Å²) in [4.78, 5) is 57.1. The minimum absolute atomic E-state index is 0.0511. The Morgan fingerprint density at radius 2 is 1.05 bits per heavy atom. The molecule has 0 radical (unpaired) electrons. The fourth-order valence-electron chi connectivity index (χ4n) is 12.0. The molecule has 10 nitrogen and oxygen atoms in total. The Kier molecular flexibility index (Phi) is 10.1. The summed E-state index contributed by atoms with van der Waals surface area (Å²) in [6, 6.07) is 16.2. The predicted octanol–water partition coefficient (Wildman–Crippen LogP) is 7.71. The maximum atomic E-state index is 14.3. The van der Waals surface area contributed by atoms with Gasteiger partial charge in [0, 0.05) is 10.8 Å². The van der Waals surface area contributed by atoms with Gasteiger partial charge in [-0.2, -0.15) is 0 Å². The highest BCUT2D eigenvalue weighted by molar-refractivity contribution is 6.02. The van der Waals surface area contributed by atoms with E-state index in [1.165, 1.54) is 28.4 Å². The van der Waals surface area contributed by atoms with Crippen LogP contribution >= 0.6 is 0 Å². The lowest BCUT2D eigenvalue weighted by molar-refractivity contribution is -0.233. The summed E-state index contributed by atoms with van der Waals surface area (Å²) in [6.45, 7) is 12.9. The molecule has 0 amide bonds. The molecule has 1 spiro atoms. The molecule has 302 valence electrons. The molecular formula is C46H58O10. The van der Waals surface area contributed by atoms with Crippen molar-refractivity contribution >= 4 is 23.9 Å². The fraction of sp³-hybridized carbons (Fsp3) is 0.565. The molecule has 2 aromatic carbocycles. The predicted molar refractivity (Wildman–Crippen MR) is 210 cm³/mol. The summed E-state index contributed by atoms with van der Waals surface area (Å²) in [5.41, 5.74) is -2.62. The first kappa shape index (κ1) is 41.0. The lowest BCUT2D eigenvalue weighted by atomic mass is 9.15. The molecule has 5 unspecified atom stereocenters. The number of hydrogen-bond donors (Lipinski definition) is 0. The molecule has 0 saturated heterocycles. The zero-order valence-electron chi connectivity index (χ0n) is 35.0. The monoisotopic (exact) mass is 770 g/mol. The summed E-state index contributed by atoms with van der Waals surface area (Å²) < 4.78 is 33.3. The number of carbonyl (C=O) groups excluding carboxylic acids is 4. The topological polar surface area (TPSA) is 124 Å². The van der Waals surface area contributed by atoms with E-state index in [1.807, 2.05) is 24.3 Å². The minimum Gasteiger partial charge on any atom is -0.497 e. The van der Waals surface area contributed by atoms with Crippen LogP contribution < -0.4 is 9.47 Å². The Hall–Kier alpha value is -4.60. The molecule has 2 aromatic rings. The van der Waals surface area contributed by atoms with E-state index < -0.39 is 56.9 Å². The van der Waals surface area contributed by atoms with Crippen molar-refractivity contribution in [3.05, 3.63) is 83.0 Å². The molecule has 0 aliphatic heterocycles. The van der Waals surface area contributed by atoms with Gasteiger partial charge in [-0.25, -0.2) is 0 Å². The summed E-state index contributed by atoms with van der Waals surface area (Å²) in [7, 11) is 8.45. The van der Waals surface area contributed by atoms with Crippen LogP contribution in [0.25, 0.3) is 0 Å². The average molecular weight is 771 g/mol. The van der Waals surface area contributed by atoms with Crippen molar-refractivity contribution < 1.29 is 47.6 Å². The molecule has 4 fully saturated rings. The Bertz CT molecular complexity index is 1850. The SMILES string of the molecule is COC(=O)C1(C(=O)OC)CC/C(=C\C(C)(C)C)C2(c3ccc(OC)cc3)C(C1)C13CC(C(=O)OC)(C(=O)OC)CC1C(=CC(C)(C)C)C23c1ccc(OC)cc1. The number of allylic oxidation sites excluding steroid dienone is 4. The van der Waals surface area contributed by atoms with E-state index in [9.17, 15) is 19.2 Å². The number of carbonyl (C=O) groups is 4. The third-order valence-corrected chi connectivity index (χ3v) is 13.5. The highest BCUT2D eigenvalue weighted by Gasteiger charge is 2.94. The van der Waals surface area contributed by atoms with Gasteiger partial charge in [-0.05, 0) is 95.6 Å². The van der Waals surface area contributed by atoms with Crippen LogP contribution in [0.1, 0.15) is 84.8 Å². The van der Waals surface area contributed by atoms with E-state index >= 15 is 0 Å². The van der Waals surface area contributed by atoms with Crippen LogP contribution in [0.5, 0.6) is 11.5 Å². The van der Waals surface area contributed by atoms with Gasteiger partial charge in [-0.3, -0.25) is 19.2 Å². The highest BCUT2D eigenvalue weighted by Crippen LogP contribution is 2.94. The third-order valence-electron chi connectivity index (χ3n) is 13.5. The number of ether oxygens (including phenoxy) is 6. The zero-order chi connectivity index (χ0) is 41.3. The van der Waals surface area contributed by atoms with E-state index in [0.717, 1.165) is 22.3 Å². The van der Waals surface area contributed by atoms with Gasteiger partial charge in [0.15, 0.2) is 10.8 Å². The van der Waals surface area contributed by atoms with Crippen LogP contribution in [0.2, 0.25) is 0 Å². The van der Waals surface area contributed by atoms with Gasteiger partial charge in [0.1, 0.15) is 11.5 Å². The number of fused-ring (bicyclic) bond motifs is 2. The van der Waals surface area contributed by atoms with E-state index in [2.05, 4.69) is 78.0 Å². The normalized spacial score (nSPS) is 29.9. The molecule has 5 atom stereocenters. The first-order valence-electron chi connectivity index (χ1n) is 19.4. The molecule has 4 saturated carbocycles. The zero-order valence-corrected chi connectivity index (χ0v) is 35.0. The maximum Gasteiger partial charge on any atom is 0.323 e. The van der Waals surface area contributed by atoms with Gasteiger partial charge >= 0.3 is 23.9 Å². The lowest BCUT2D eigenvalue weighted by Crippen LogP contribution is -2.86. The molecule has 0 aromatic heterocycles. The second kappa shape index (κ2) is 13.8. The summed E-state index contributed by atoms with van der Waals surface area (Å²) in [6.07, 6.45) is 5.39. The Morgan fingerprint density at radius 3 is 1.48 bits per heavy atom. The van der Waals surface area contributed by atoms with Crippen molar-refractivity contribution in [1.82, 2.24) is 0 Å². The van der Waals surface area contributed by atoms with Crippen LogP contribution in [-0.2, 0) is 49.0 Å². The van der Waals surface area contributed by atoms with Crippen molar-refractivity contribution in [2.75, 3.05) is 42.7 Å². The van der Waals surface area contributed by atoms with Gasteiger partial charge in [0.05, 0.1) is 42.7 Å². The average Bonchev–Trinajstić information content (AvgIpc) is 3.46. The molecular weight excluding hydrogens is 712 g/mol. The smallest absolute Gasteiger partial charge is 0.323 e. The molecule has 10 heteroatoms. The molecule has 4 aliphatic carbocycles. The number of rotatable bonds is 8. The van der Waals surface area contributed by atoms with E-state index in [4.69, 9.17) is 28.4 Å². The van der Waals surface area contributed by atoms with Gasteiger partial charge in [-0.1, -0.05) is 89.1 Å². The van der Waals surface area contributed by atoms with Crippen LogP contribution in [0, 0.1) is 38.9 Å². The van der Waals surface area contributed by atoms with Gasteiger partial charge in [-0.15, -0.1) is 0 Å². The molecule has 6 rings (SSSR count). The Morgan fingerprint density at radius 1 is 0.607 bits per heavy atom. The quantitative estimate of drug-likeness (QED) is 0.114. The molecule has 0 heterocycles. The number of hydrogen-bond acceptors (Lipinski definition) is 10.